The molecule has 19 heteroatoms. The molecule has 6 aliphatic carbocycles. The molecule has 0 radical (unpaired) electrons. The van der Waals surface area contributed by atoms with Gasteiger partial charge in [0.1, 0.15) is 32.5 Å². The number of ether oxygens (including phenoxy) is 5. The number of esters is 4. The lowest BCUT2D eigenvalue weighted by atomic mass is 9.71. The average molecular weight is 2020 g/mol. The van der Waals surface area contributed by atoms with E-state index in [-0.39, 0.29) is 97.7 Å². The third-order valence-electron chi connectivity index (χ3n) is 36.4. The number of carbonyl (C=O) groups is 9. The smallest absolute Gasteiger partial charge is 0.367 e. The Hall–Kier alpha value is -12.9. The van der Waals surface area contributed by atoms with Crippen molar-refractivity contribution in [2.45, 2.75) is 286 Å². The maximum absolute atomic E-state index is 14.5. The standard InChI is InChI=1S/C58H42O4.C51H62N2O6.C22H31NO5S/c1-4-58(2,3)57(60)62-14-13-61-34(59)12-8-11-31(23-9-6-5-7-10-23)42-32-21-29-19-26-15-24-17-28-18-25-16-27-20-30-22-33(42)44-43(32)49-40(29)47-37(26)35(24)45-39(28)46-36(25)38(27)48-41(30)50(44)56-54(48)52(46)51(45)53(47)55(49)56;1-6-9-11-13-17-21-33(22-18-14-12-10-7-2)53-48(56)40-29-25-36-34-23-27-38-44-39(28-24-35(42(34)44)37-26-30-41(49(53)57)45(40)43(36)37)47(55)52(46(38)54)31-19-15-16-20-32-59-50(58)51(4,5)8-3;1-5-22(3,4)20(25)27-13-19(24)14-28-21(26)29-15-18(11-16(2)12-23)17-9-7-6-8-10-17/h5-7,9-10,15,17-18,21-22,25,27,31,38,42H,4,8,11-14,16,19-20H2,1-3H3;23-30,33H,6-22,31-32H2,1-5H3;6-10,16,18-19,24H,5,11,13-15H2,1-4H3. The number of rotatable bonds is 44. The van der Waals surface area contributed by atoms with Crippen LogP contribution in [0.4, 0.5) is 4.79 Å². The number of unbranched alkanes of at least 4 members (excludes halogenated alkanes) is 11. The Labute approximate surface area is 879 Å². The number of benzene rings is 13. The zero-order chi connectivity index (χ0) is 104. The lowest BCUT2D eigenvalue weighted by Gasteiger charge is -2.35. The molecule has 150 heavy (non-hydrogen) atoms. The Kier molecular flexibility index (Phi) is 26.4. The Bertz CT molecular complexity index is 8360. The summed E-state index contributed by atoms with van der Waals surface area (Å²) in [6.07, 6.45) is 25.7. The quantitative estimate of drug-likeness (QED) is 0.00930. The van der Waals surface area contributed by atoms with E-state index in [2.05, 4.69) is 80.6 Å². The summed E-state index contributed by atoms with van der Waals surface area (Å²) in [5, 5.41) is 56.7. The Morgan fingerprint density at radius 1 is 0.467 bits per heavy atom. The summed E-state index contributed by atoms with van der Waals surface area (Å²) in [5.74, 6) is 0.417. The van der Waals surface area contributed by atoms with Gasteiger partial charge in [0.25, 0.3) is 23.6 Å². The first-order chi connectivity index (χ1) is 72.6. The van der Waals surface area contributed by atoms with Gasteiger partial charge in [0.2, 0.25) is 0 Å². The highest BCUT2D eigenvalue weighted by molar-refractivity contribution is 8.13. The molecule has 17 aromatic rings. The molecule has 1 fully saturated rings. The summed E-state index contributed by atoms with van der Waals surface area (Å²) >= 11 is 1.02. The van der Waals surface area contributed by atoms with E-state index in [9.17, 15) is 48.3 Å². The van der Waals surface area contributed by atoms with Gasteiger partial charge in [-0.3, -0.25) is 48.2 Å². The van der Waals surface area contributed by atoms with Crippen molar-refractivity contribution < 1.29 is 71.9 Å². The molecule has 17 aromatic carbocycles. The van der Waals surface area contributed by atoms with Crippen LogP contribution in [0.2, 0.25) is 0 Å². The molecule has 18 nitrogen and oxygen atoms in total. The molecule has 4 amide bonds. The number of amides is 4. The van der Waals surface area contributed by atoms with Crippen molar-refractivity contribution >= 4 is 216 Å². The van der Waals surface area contributed by atoms with Gasteiger partial charge < -0.3 is 28.8 Å². The fourth-order valence-electron chi connectivity index (χ4n) is 27.8. The first-order valence-corrected chi connectivity index (χ1v) is 56.9. The molecule has 0 saturated heterocycles. The second-order valence-corrected chi connectivity index (χ2v) is 47.6. The molecule has 0 spiro atoms. The van der Waals surface area contributed by atoms with Crippen LogP contribution in [0.3, 0.4) is 0 Å². The van der Waals surface area contributed by atoms with Crippen LogP contribution in [-0.4, -0.2) is 125 Å². The van der Waals surface area contributed by atoms with Gasteiger partial charge in [-0.1, -0.05) is 214 Å². The van der Waals surface area contributed by atoms with Crippen LogP contribution < -0.4 is 10.4 Å². The first kappa shape index (κ1) is 100. The Morgan fingerprint density at radius 2 is 0.960 bits per heavy atom. The second-order valence-electron chi connectivity index (χ2n) is 46.7. The maximum Gasteiger partial charge on any atom is 0.367 e. The topological polar surface area (TPSA) is 250 Å². The van der Waals surface area contributed by atoms with Gasteiger partial charge >= 0.3 is 29.2 Å². The third-order valence-corrected chi connectivity index (χ3v) is 37.3. The molecule has 0 aromatic heterocycles. The fraction of sp³-hybridized carbons (Fsp3) is 0.435. The second kappa shape index (κ2) is 39.4. The van der Waals surface area contributed by atoms with Crippen LogP contribution in [0.1, 0.15) is 347 Å². The van der Waals surface area contributed by atoms with Crippen molar-refractivity contribution in [2.75, 3.05) is 45.3 Å². The van der Waals surface area contributed by atoms with E-state index >= 15 is 0 Å². The zero-order valence-corrected chi connectivity index (χ0v) is 89.5. The number of hydrogen-bond acceptors (Lipinski definition) is 17. The Morgan fingerprint density at radius 3 is 1.55 bits per heavy atom. The van der Waals surface area contributed by atoms with Gasteiger partial charge in [-0.05, 0) is 388 Å². The van der Waals surface area contributed by atoms with Crippen molar-refractivity contribution in [3.63, 3.8) is 0 Å². The molecule has 770 valence electrons. The van der Waals surface area contributed by atoms with Crippen LogP contribution in [0.5, 0.6) is 0 Å². The minimum absolute atomic E-state index is 0.0468. The predicted molar refractivity (Wildman–Crippen MR) is 601 cm³/mol. The van der Waals surface area contributed by atoms with Crippen LogP contribution in [-0.2, 0) is 55.7 Å². The molecule has 8 atom stereocenters. The molecule has 0 bridgehead atoms. The lowest BCUT2D eigenvalue weighted by Crippen LogP contribution is -2.47. The molecule has 1 saturated carbocycles. The van der Waals surface area contributed by atoms with Crippen molar-refractivity contribution in [2.24, 2.45) is 34.0 Å². The van der Waals surface area contributed by atoms with Crippen LogP contribution in [0.25, 0.3) is 152 Å². The molecule has 1 N–H and O–H groups in total. The van der Waals surface area contributed by atoms with Gasteiger partial charge in [0.15, 0.2) is 0 Å². The lowest BCUT2D eigenvalue weighted by molar-refractivity contribution is -0.159. The van der Waals surface area contributed by atoms with Crippen LogP contribution in [0.15, 0.2) is 133 Å². The average Bonchev–Trinajstić information content (AvgIpc) is 1.44. The van der Waals surface area contributed by atoms with Crippen LogP contribution in [0, 0.1) is 45.3 Å². The molecular formula is C131H135N3O15S. The first-order valence-electron chi connectivity index (χ1n) is 55.9. The molecule has 2 heterocycles. The van der Waals surface area contributed by atoms with Crippen molar-refractivity contribution in [1.29, 1.82) is 5.26 Å². The normalized spacial score (nSPS) is 17.5. The number of hydrogen-bond donors (Lipinski definition) is 1. The number of thioether (sulfide) groups is 1. The van der Waals surface area contributed by atoms with Crippen LogP contribution >= 0.6 is 11.8 Å². The summed E-state index contributed by atoms with van der Waals surface area (Å²) in [6.45, 7) is 23.6. The van der Waals surface area contributed by atoms with Crippen molar-refractivity contribution in [1.82, 2.24) is 9.80 Å². The Balaban J connectivity index is 0.000000132. The van der Waals surface area contributed by atoms with Gasteiger partial charge in [-0.2, -0.15) is 5.26 Å². The molecular weight excluding hydrogens is 1890 g/mol. The summed E-state index contributed by atoms with van der Waals surface area (Å²) in [4.78, 5) is 122. The highest BCUT2D eigenvalue weighted by Crippen LogP contribution is 2.70. The van der Waals surface area contributed by atoms with Gasteiger partial charge in [0, 0.05) is 81.5 Å². The van der Waals surface area contributed by atoms with Gasteiger partial charge in [-0.15, -0.1) is 0 Å². The van der Waals surface area contributed by atoms with Gasteiger partial charge in [0.05, 0.1) is 28.9 Å². The number of nitriles is 1. The summed E-state index contributed by atoms with van der Waals surface area (Å²) in [7, 11) is 0. The summed E-state index contributed by atoms with van der Waals surface area (Å²) in [6, 6.07) is 49.0. The minimum atomic E-state index is -1.07. The van der Waals surface area contributed by atoms with E-state index in [1.54, 1.807) is 127 Å². The highest BCUT2D eigenvalue weighted by Gasteiger charge is 2.53. The summed E-state index contributed by atoms with van der Waals surface area (Å²) < 4.78 is 26.8. The maximum atomic E-state index is 14.5. The number of carbonyl (C=O) groups excluding carboxylic acids is 9. The zero-order valence-electron chi connectivity index (χ0n) is 88.7. The van der Waals surface area contributed by atoms with E-state index < -0.39 is 33.6 Å². The number of imide groups is 2. The van der Waals surface area contributed by atoms with E-state index in [1.165, 1.54) is 93.7 Å². The number of fused-ring (bicyclic) bond motifs is 2. The van der Waals surface area contributed by atoms with E-state index in [0.29, 0.717) is 102 Å². The largest absolute Gasteiger partial charge is 0.465 e. The highest BCUT2D eigenvalue weighted by atomic mass is 32.2. The van der Waals surface area contributed by atoms with Gasteiger partial charge in [-0.25, -0.2) is 4.79 Å². The molecule has 8 aliphatic rings. The number of aliphatic hydroxyl groups excluding tert-OH is 1. The SMILES string of the molecule is CCC(C)(C)C(=O)OCC(O)COC(=O)SCC(CC(C)C#N)c1ccccc1.CCC(C)(C)C(=O)OCCOC(=O)CCCC(c1ccccc1)C1c2cc3c4c5c6c7c8c9c(cc%10cc%11c%12c%10c9c7c7c%12c9c(cc1c1c2c4c6c7c19)C%11)=CC1CC(C3)C5C=81.CCCCCCCC(CCCCCCC)N1C(=O)c2ccc3c4ccc5c6c(ccc(c7ccc(c2c37)C1=O)c64)C(=O)N(CCCCCCOC(=O)C(C)(C)CC)C5=O. The fourth-order valence-corrected chi connectivity index (χ4v) is 28.6. The minimum Gasteiger partial charge on any atom is -0.465 e. The van der Waals surface area contributed by atoms with E-state index in [0.717, 1.165) is 140 Å². The van der Waals surface area contributed by atoms with E-state index in [4.69, 9.17) is 28.9 Å². The third kappa shape index (κ3) is 16.1. The van der Waals surface area contributed by atoms with Crippen molar-refractivity contribution in [3.05, 3.63) is 211 Å². The molecule has 2 aliphatic heterocycles. The van der Waals surface area contributed by atoms with Crippen molar-refractivity contribution in [3.8, 4) is 6.07 Å². The van der Waals surface area contributed by atoms with E-state index in [1.807, 2.05) is 134 Å². The molecule has 8 unspecified atom stereocenters. The number of nitrogens with zero attached hydrogens (tertiary/aromatic N) is 3. The predicted octanol–water partition coefficient (Wildman–Crippen LogP) is 28.8. The summed E-state index contributed by atoms with van der Waals surface area (Å²) in [5.41, 5.74) is 14.1. The monoisotopic (exact) mass is 2020 g/mol. The molecule has 25 rings (SSSR count). The number of aliphatic hydroxyl groups is 1.